The lowest BCUT2D eigenvalue weighted by atomic mass is 9.80. The standard InChI is InChI=1S/C15H25NO4/c1-14(6-4-2-3-5-7-14)12(17)16-10-8-15(20,9-11-16)13(18)19/h20H,2-11H2,1H3,(H,18,19). The summed E-state index contributed by atoms with van der Waals surface area (Å²) in [6.07, 6.45) is 6.68. The Kier molecular flexibility index (Phi) is 4.37. The van der Waals surface area contributed by atoms with E-state index in [-0.39, 0.29) is 24.2 Å². The van der Waals surface area contributed by atoms with E-state index in [9.17, 15) is 14.7 Å². The lowest BCUT2D eigenvalue weighted by Gasteiger charge is -2.40. The van der Waals surface area contributed by atoms with E-state index < -0.39 is 11.6 Å². The number of carbonyl (C=O) groups excluding carboxylic acids is 1. The van der Waals surface area contributed by atoms with Gasteiger partial charge in [0, 0.05) is 31.3 Å². The first-order valence-electron chi connectivity index (χ1n) is 7.63. The van der Waals surface area contributed by atoms with Crippen LogP contribution in [0.5, 0.6) is 0 Å². The summed E-state index contributed by atoms with van der Waals surface area (Å²) in [5.41, 5.74) is -1.95. The molecule has 1 amide bonds. The van der Waals surface area contributed by atoms with E-state index in [1.54, 1.807) is 4.90 Å². The Balaban J connectivity index is 1.99. The summed E-state index contributed by atoms with van der Waals surface area (Å²) >= 11 is 0. The maximum atomic E-state index is 12.7. The Morgan fingerprint density at radius 3 is 1.90 bits per heavy atom. The van der Waals surface area contributed by atoms with Crippen molar-refractivity contribution in [3.8, 4) is 0 Å². The van der Waals surface area contributed by atoms with E-state index in [0.717, 1.165) is 25.7 Å². The van der Waals surface area contributed by atoms with Gasteiger partial charge in [0.25, 0.3) is 0 Å². The van der Waals surface area contributed by atoms with E-state index >= 15 is 0 Å². The second-order valence-corrected chi connectivity index (χ2v) is 6.60. The van der Waals surface area contributed by atoms with Crippen LogP contribution in [0.1, 0.15) is 58.3 Å². The zero-order valence-corrected chi connectivity index (χ0v) is 12.2. The third kappa shape index (κ3) is 2.97. The SMILES string of the molecule is CC1(C(=O)N2CCC(O)(C(=O)O)CC2)CCCCCC1. The van der Waals surface area contributed by atoms with Gasteiger partial charge in [-0.05, 0) is 12.8 Å². The highest BCUT2D eigenvalue weighted by atomic mass is 16.4. The third-order valence-electron chi connectivity index (χ3n) is 5.00. The normalized spacial score (nSPS) is 25.8. The molecule has 0 aromatic rings. The zero-order chi connectivity index (χ0) is 14.8. The number of rotatable bonds is 2. The van der Waals surface area contributed by atoms with Crippen molar-refractivity contribution in [3.05, 3.63) is 0 Å². The van der Waals surface area contributed by atoms with Crippen molar-refractivity contribution in [1.82, 2.24) is 4.90 Å². The molecule has 1 saturated carbocycles. The minimum absolute atomic E-state index is 0.129. The summed E-state index contributed by atoms with van der Waals surface area (Å²) in [5.74, 6) is -1.03. The van der Waals surface area contributed by atoms with Crippen LogP contribution < -0.4 is 0 Å². The fourth-order valence-corrected chi connectivity index (χ4v) is 3.40. The number of carboxylic acid groups (broad SMARTS) is 1. The molecule has 0 aromatic heterocycles. The van der Waals surface area contributed by atoms with Crippen molar-refractivity contribution in [1.29, 1.82) is 0 Å². The largest absolute Gasteiger partial charge is 0.479 e. The second-order valence-electron chi connectivity index (χ2n) is 6.60. The van der Waals surface area contributed by atoms with Crippen molar-refractivity contribution in [2.75, 3.05) is 13.1 Å². The minimum Gasteiger partial charge on any atom is -0.479 e. The van der Waals surface area contributed by atoms with Crippen LogP contribution in [-0.4, -0.2) is 45.7 Å². The maximum absolute atomic E-state index is 12.7. The van der Waals surface area contributed by atoms with Gasteiger partial charge in [0.05, 0.1) is 0 Å². The molecule has 2 aliphatic rings. The molecule has 1 aliphatic heterocycles. The Hall–Kier alpha value is -1.10. The van der Waals surface area contributed by atoms with Crippen LogP contribution in [-0.2, 0) is 9.59 Å². The van der Waals surface area contributed by atoms with Crippen molar-refractivity contribution in [2.24, 2.45) is 5.41 Å². The molecule has 0 atom stereocenters. The highest BCUT2D eigenvalue weighted by Crippen LogP contribution is 2.37. The van der Waals surface area contributed by atoms with Gasteiger partial charge < -0.3 is 15.1 Å². The van der Waals surface area contributed by atoms with E-state index in [1.165, 1.54) is 12.8 Å². The number of aliphatic carboxylic acids is 1. The first-order chi connectivity index (χ1) is 9.37. The Labute approximate surface area is 120 Å². The molecule has 0 unspecified atom stereocenters. The molecule has 2 fully saturated rings. The molecule has 1 aliphatic carbocycles. The number of piperidine rings is 1. The van der Waals surface area contributed by atoms with Crippen molar-refractivity contribution >= 4 is 11.9 Å². The summed E-state index contributed by atoms with van der Waals surface area (Å²) < 4.78 is 0. The molecule has 0 radical (unpaired) electrons. The average Bonchev–Trinajstić information content (AvgIpc) is 2.64. The lowest BCUT2D eigenvalue weighted by molar-refractivity contribution is -0.167. The van der Waals surface area contributed by atoms with Crippen LogP contribution in [0.3, 0.4) is 0 Å². The molecular formula is C15H25NO4. The third-order valence-corrected chi connectivity index (χ3v) is 5.00. The molecule has 5 heteroatoms. The van der Waals surface area contributed by atoms with Gasteiger partial charge >= 0.3 is 5.97 Å². The summed E-state index contributed by atoms with van der Waals surface area (Å²) in [7, 11) is 0. The number of hydrogen-bond donors (Lipinski definition) is 2. The van der Waals surface area contributed by atoms with Crippen LogP contribution in [0.2, 0.25) is 0 Å². The van der Waals surface area contributed by atoms with Crippen molar-refractivity contribution < 1.29 is 19.8 Å². The number of carbonyl (C=O) groups is 2. The lowest BCUT2D eigenvalue weighted by Crippen LogP contribution is -2.53. The van der Waals surface area contributed by atoms with Crippen LogP contribution in [0.25, 0.3) is 0 Å². The molecule has 1 heterocycles. The quantitative estimate of drug-likeness (QED) is 0.757. The number of nitrogens with zero attached hydrogens (tertiary/aromatic N) is 1. The molecule has 0 bridgehead atoms. The van der Waals surface area contributed by atoms with E-state index in [0.29, 0.717) is 13.1 Å². The van der Waals surface area contributed by atoms with Gasteiger partial charge in [0.15, 0.2) is 5.60 Å². The van der Waals surface area contributed by atoms with E-state index in [4.69, 9.17) is 5.11 Å². The number of aliphatic hydroxyl groups is 1. The van der Waals surface area contributed by atoms with Crippen LogP contribution >= 0.6 is 0 Å². The minimum atomic E-state index is -1.65. The van der Waals surface area contributed by atoms with Gasteiger partial charge in [-0.15, -0.1) is 0 Å². The Morgan fingerprint density at radius 2 is 1.45 bits per heavy atom. The van der Waals surface area contributed by atoms with Crippen molar-refractivity contribution in [2.45, 2.75) is 63.9 Å². The van der Waals surface area contributed by atoms with E-state index in [1.807, 2.05) is 6.92 Å². The number of hydrogen-bond acceptors (Lipinski definition) is 3. The molecule has 114 valence electrons. The smallest absolute Gasteiger partial charge is 0.335 e. The predicted octanol–water partition coefficient (Wildman–Crippen LogP) is 1.78. The Bertz CT molecular complexity index is 377. The molecule has 1 saturated heterocycles. The number of likely N-dealkylation sites (tertiary alicyclic amines) is 1. The molecular weight excluding hydrogens is 258 g/mol. The second kappa shape index (κ2) is 5.72. The fraction of sp³-hybridized carbons (Fsp3) is 0.867. The molecule has 5 nitrogen and oxygen atoms in total. The average molecular weight is 283 g/mol. The monoisotopic (exact) mass is 283 g/mol. The topological polar surface area (TPSA) is 77.8 Å². The van der Waals surface area contributed by atoms with Crippen LogP contribution in [0, 0.1) is 5.41 Å². The van der Waals surface area contributed by atoms with Gasteiger partial charge in [0.2, 0.25) is 5.91 Å². The number of carboxylic acids is 1. The van der Waals surface area contributed by atoms with Gasteiger partial charge in [0.1, 0.15) is 0 Å². The first kappa shape index (κ1) is 15.3. The highest BCUT2D eigenvalue weighted by Gasteiger charge is 2.43. The highest BCUT2D eigenvalue weighted by molar-refractivity contribution is 5.83. The molecule has 20 heavy (non-hydrogen) atoms. The molecule has 2 N–H and O–H groups in total. The Morgan fingerprint density at radius 1 is 0.950 bits per heavy atom. The van der Waals surface area contributed by atoms with Gasteiger partial charge in [-0.2, -0.15) is 0 Å². The first-order valence-corrected chi connectivity index (χ1v) is 7.63. The maximum Gasteiger partial charge on any atom is 0.335 e. The summed E-state index contributed by atoms with van der Waals surface area (Å²) in [4.78, 5) is 25.5. The molecule has 2 rings (SSSR count). The fourth-order valence-electron chi connectivity index (χ4n) is 3.40. The zero-order valence-electron chi connectivity index (χ0n) is 12.2. The van der Waals surface area contributed by atoms with Gasteiger partial charge in [-0.1, -0.05) is 32.6 Å². The van der Waals surface area contributed by atoms with Gasteiger partial charge in [-0.25, -0.2) is 4.79 Å². The van der Waals surface area contributed by atoms with Crippen LogP contribution in [0.4, 0.5) is 0 Å². The molecule has 0 aromatic carbocycles. The molecule has 0 spiro atoms. The summed E-state index contributed by atoms with van der Waals surface area (Å²) in [6.45, 7) is 2.73. The van der Waals surface area contributed by atoms with E-state index in [2.05, 4.69) is 0 Å². The van der Waals surface area contributed by atoms with Gasteiger partial charge in [-0.3, -0.25) is 4.79 Å². The summed E-state index contributed by atoms with van der Waals surface area (Å²) in [6, 6.07) is 0. The summed E-state index contributed by atoms with van der Waals surface area (Å²) in [5, 5.41) is 18.9. The van der Waals surface area contributed by atoms with Crippen molar-refractivity contribution in [3.63, 3.8) is 0 Å². The number of amides is 1. The van der Waals surface area contributed by atoms with Crippen LogP contribution in [0.15, 0.2) is 0 Å². The predicted molar refractivity (Wildman–Crippen MR) is 74.2 cm³/mol.